The zero-order chi connectivity index (χ0) is 19.1. The number of hydrogen-bond acceptors (Lipinski definition) is 5. The van der Waals surface area contributed by atoms with E-state index in [0.29, 0.717) is 18.1 Å². The second kappa shape index (κ2) is 8.75. The molecule has 0 fully saturated rings. The lowest BCUT2D eigenvalue weighted by molar-refractivity contribution is -0.365. The van der Waals surface area contributed by atoms with Gasteiger partial charge in [0.2, 0.25) is 12.1 Å². The summed E-state index contributed by atoms with van der Waals surface area (Å²) in [6, 6.07) is 13.9. The van der Waals surface area contributed by atoms with Gasteiger partial charge in [0.15, 0.2) is 5.69 Å². The number of benzene rings is 2. The first-order valence-corrected chi connectivity index (χ1v) is 8.66. The molecule has 1 heterocycles. The van der Waals surface area contributed by atoms with Gasteiger partial charge in [0.25, 0.3) is 0 Å². The fourth-order valence-electron chi connectivity index (χ4n) is 2.87. The van der Waals surface area contributed by atoms with E-state index in [1.165, 1.54) is 6.34 Å². The Morgan fingerprint density at radius 1 is 1.30 bits per heavy atom. The van der Waals surface area contributed by atoms with Gasteiger partial charge in [-0.25, -0.2) is 9.98 Å². The van der Waals surface area contributed by atoms with E-state index >= 15 is 0 Å². The van der Waals surface area contributed by atoms with E-state index in [9.17, 15) is 4.79 Å². The van der Waals surface area contributed by atoms with Crippen molar-refractivity contribution >= 4 is 34.6 Å². The standard InChI is InChI=1S/C20H21N5O2/c1-14-19(23-12-21)20(25-13-24-14)22-9-10-27-18(26)11-16-7-4-6-15-5-2-3-8-17(15)16/h2-8,12-13H,9-11H2,1H3,(H2,21,23)(H,22,24,25)/p+1. The predicted molar refractivity (Wildman–Crippen MR) is 105 cm³/mol. The highest BCUT2D eigenvalue weighted by Gasteiger charge is 2.13. The van der Waals surface area contributed by atoms with Crippen LogP contribution in [0.4, 0.5) is 11.5 Å². The fraction of sp³-hybridized carbons (Fsp3) is 0.200. The number of nitrogens with one attached hydrogen (secondary N) is 2. The molecule has 2 aromatic carbocycles. The van der Waals surface area contributed by atoms with Crippen molar-refractivity contribution in [1.29, 1.82) is 0 Å². The number of esters is 1. The molecule has 3 rings (SSSR count). The first kappa shape index (κ1) is 18.3. The van der Waals surface area contributed by atoms with E-state index in [4.69, 9.17) is 10.5 Å². The number of nitrogens with zero attached hydrogens (tertiary/aromatic N) is 2. The summed E-state index contributed by atoms with van der Waals surface area (Å²) >= 11 is 0. The molecule has 0 amide bonds. The second-order valence-corrected chi connectivity index (χ2v) is 5.95. The molecule has 0 aliphatic carbocycles. The number of fused-ring (bicyclic) bond motifs is 1. The Morgan fingerprint density at radius 2 is 2.11 bits per heavy atom. The summed E-state index contributed by atoms with van der Waals surface area (Å²) in [5.74, 6) is 0.414. The first-order chi connectivity index (χ1) is 13.2. The van der Waals surface area contributed by atoms with E-state index in [1.54, 1.807) is 6.33 Å². The third kappa shape index (κ3) is 4.58. The lowest BCUT2D eigenvalue weighted by Gasteiger charge is -2.08. The van der Waals surface area contributed by atoms with Crippen molar-refractivity contribution in [2.75, 3.05) is 18.5 Å². The minimum atomic E-state index is -0.261. The number of aromatic amines is 1. The normalized spacial score (nSPS) is 11.0. The van der Waals surface area contributed by atoms with E-state index in [1.807, 2.05) is 49.4 Å². The van der Waals surface area contributed by atoms with Crippen LogP contribution in [-0.4, -0.2) is 30.4 Å². The van der Waals surface area contributed by atoms with Crippen LogP contribution in [0, 0.1) is 6.92 Å². The van der Waals surface area contributed by atoms with Gasteiger partial charge >= 0.3 is 5.97 Å². The molecular formula is C20H22N5O2+. The molecule has 0 spiro atoms. The van der Waals surface area contributed by atoms with Gasteiger partial charge in [-0.1, -0.05) is 42.5 Å². The van der Waals surface area contributed by atoms with Crippen molar-refractivity contribution in [2.45, 2.75) is 13.3 Å². The molecule has 0 unspecified atom stereocenters. The predicted octanol–water partition coefficient (Wildman–Crippen LogP) is 2.17. The molecule has 1 aromatic heterocycles. The van der Waals surface area contributed by atoms with Gasteiger partial charge < -0.3 is 15.8 Å². The largest absolute Gasteiger partial charge is 0.462 e. The number of rotatable bonds is 7. The molecule has 7 heteroatoms. The van der Waals surface area contributed by atoms with E-state index in [2.05, 4.69) is 20.3 Å². The van der Waals surface area contributed by atoms with Crippen molar-refractivity contribution < 1.29 is 14.5 Å². The maximum atomic E-state index is 12.2. The number of H-pyrrole nitrogens is 1. The van der Waals surface area contributed by atoms with Crippen LogP contribution in [0.25, 0.3) is 10.8 Å². The molecule has 0 aliphatic rings. The Kier molecular flexibility index (Phi) is 5.94. The Balaban J connectivity index is 1.54. The van der Waals surface area contributed by atoms with Crippen molar-refractivity contribution in [2.24, 2.45) is 10.7 Å². The van der Waals surface area contributed by atoms with Gasteiger partial charge in [0.1, 0.15) is 12.3 Å². The van der Waals surface area contributed by atoms with Gasteiger partial charge in [0.05, 0.1) is 19.3 Å². The quantitative estimate of drug-likeness (QED) is 0.289. The average Bonchev–Trinajstić information content (AvgIpc) is 2.68. The highest BCUT2D eigenvalue weighted by atomic mass is 16.5. The van der Waals surface area contributed by atoms with Crippen LogP contribution < -0.4 is 16.0 Å². The zero-order valence-electron chi connectivity index (χ0n) is 15.1. The molecule has 0 saturated carbocycles. The zero-order valence-corrected chi connectivity index (χ0v) is 15.1. The number of nitrogens with two attached hydrogens (primary N) is 1. The summed E-state index contributed by atoms with van der Waals surface area (Å²) in [7, 11) is 0. The molecule has 0 saturated heterocycles. The third-order valence-corrected chi connectivity index (χ3v) is 4.13. The summed E-state index contributed by atoms with van der Waals surface area (Å²) in [6.07, 6.45) is 3.03. The summed E-state index contributed by atoms with van der Waals surface area (Å²) in [6.45, 7) is 2.52. The number of carbonyl (C=O) groups is 1. The van der Waals surface area contributed by atoms with Crippen molar-refractivity contribution in [3.05, 3.63) is 60.0 Å². The van der Waals surface area contributed by atoms with Gasteiger partial charge in [-0.2, -0.15) is 0 Å². The Bertz CT molecular complexity index is 966. The first-order valence-electron chi connectivity index (χ1n) is 8.66. The van der Waals surface area contributed by atoms with E-state index in [-0.39, 0.29) is 19.0 Å². The Labute approximate surface area is 157 Å². The molecule has 3 aromatic rings. The number of ether oxygens (including phenoxy) is 1. The summed E-state index contributed by atoms with van der Waals surface area (Å²) in [5, 5.41) is 5.33. The maximum Gasteiger partial charge on any atom is 0.310 e. The number of aromatic nitrogens is 2. The average molecular weight is 364 g/mol. The van der Waals surface area contributed by atoms with E-state index in [0.717, 1.165) is 22.0 Å². The molecule has 0 atom stereocenters. The van der Waals surface area contributed by atoms with Gasteiger partial charge in [-0.3, -0.25) is 4.79 Å². The summed E-state index contributed by atoms with van der Waals surface area (Å²) in [4.78, 5) is 23.4. The van der Waals surface area contributed by atoms with Crippen molar-refractivity contribution in [1.82, 2.24) is 4.98 Å². The molecular weight excluding hydrogens is 342 g/mol. The van der Waals surface area contributed by atoms with Crippen LogP contribution in [-0.2, 0) is 16.0 Å². The SMILES string of the molecule is Cc1nc[nH+]c(NCCOC(=O)Cc2cccc3ccccc23)c1N=CN. The monoisotopic (exact) mass is 364 g/mol. The van der Waals surface area contributed by atoms with Crippen LogP contribution in [0.15, 0.2) is 53.8 Å². The van der Waals surface area contributed by atoms with Crippen molar-refractivity contribution in [3.8, 4) is 0 Å². The molecule has 7 nitrogen and oxygen atoms in total. The van der Waals surface area contributed by atoms with Crippen LogP contribution >= 0.6 is 0 Å². The number of carbonyl (C=O) groups excluding carboxylic acids is 1. The van der Waals surface area contributed by atoms with Crippen molar-refractivity contribution in [3.63, 3.8) is 0 Å². The Morgan fingerprint density at radius 3 is 2.96 bits per heavy atom. The molecule has 0 radical (unpaired) electrons. The molecule has 4 N–H and O–H groups in total. The number of aliphatic imine (C=N–C) groups is 1. The number of anilines is 1. The molecule has 138 valence electrons. The van der Waals surface area contributed by atoms with Gasteiger partial charge in [-0.05, 0) is 23.3 Å². The van der Waals surface area contributed by atoms with Crippen LogP contribution in [0.1, 0.15) is 11.3 Å². The Hall–Kier alpha value is -3.48. The highest BCUT2D eigenvalue weighted by molar-refractivity contribution is 5.89. The molecule has 0 aliphatic heterocycles. The van der Waals surface area contributed by atoms with Crippen LogP contribution in [0.5, 0.6) is 0 Å². The molecule has 27 heavy (non-hydrogen) atoms. The number of aryl methyl sites for hydroxylation is 1. The van der Waals surface area contributed by atoms with Crippen LogP contribution in [0.2, 0.25) is 0 Å². The minimum Gasteiger partial charge on any atom is -0.462 e. The second-order valence-electron chi connectivity index (χ2n) is 5.95. The van der Waals surface area contributed by atoms with Gasteiger partial charge in [0, 0.05) is 0 Å². The minimum absolute atomic E-state index is 0.241. The molecule has 0 bridgehead atoms. The fourth-order valence-corrected chi connectivity index (χ4v) is 2.87. The maximum absolute atomic E-state index is 12.2. The topological polar surface area (TPSA) is 104 Å². The van der Waals surface area contributed by atoms with Crippen LogP contribution in [0.3, 0.4) is 0 Å². The summed E-state index contributed by atoms with van der Waals surface area (Å²) < 4.78 is 5.35. The third-order valence-electron chi connectivity index (χ3n) is 4.13. The summed E-state index contributed by atoms with van der Waals surface area (Å²) in [5.41, 5.74) is 7.71. The smallest absolute Gasteiger partial charge is 0.310 e. The lowest BCUT2D eigenvalue weighted by Crippen LogP contribution is -2.20. The number of hydrogen-bond donors (Lipinski definition) is 2. The lowest BCUT2D eigenvalue weighted by atomic mass is 10.0. The van der Waals surface area contributed by atoms with E-state index < -0.39 is 0 Å². The van der Waals surface area contributed by atoms with Gasteiger partial charge in [-0.15, -0.1) is 4.98 Å². The highest BCUT2D eigenvalue weighted by Crippen LogP contribution is 2.22.